The van der Waals surface area contributed by atoms with Crippen LogP contribution in [0.15, 0.2) is 65.3 Å². The minimum absolute atomic E-state index is 0.264. The van der Waals surface area contributed by atoms with Gasteiger partial charge < -0.3 is 0 Å². The normalized spacial score (nSPS) is 16.0. The summed E-state index contributed by atoms with van der Waals surface area (Å²) in [5.41, 5.74) is 4.76. The molecule has 0 aliphatic heterocycles. The molecule has 0 N–H and O–H groups in total. The van der Waals surface area contributed by atoms with Gasteiger partial charge in [0.05, 0.1) is 0 Å². The van der Waals surface area contributed by atoms with Crippen molar-refractivity contribution >= 4 is 5.78 Å². The summed E-state index contributed by atoms with van der Waals surface area (Å²) in [6.07, 6.45) is 15.2. The van der Waals surface area contributed by atoms with Gasteiger partial charge in [-0.1, -0.05) is 54.1 Å². The number of hydrogen-bond donors (Lipinski definition) is 0. The molecule has 1 aromatic carbocycles. The fraction of sp³-hybridized carbons (Fsp3) is 0.435. The molecule has 128 valence electrons. The first-order valence-electron chi connectivity index (χ1n) is 9.27. The Kier molecular flexibility index (Phi) is 7.74. The predicted octanol–water partition coefficient (Wildman–Crippen LogP) is 6.36. The molecule has 0 aromatic heterocycles. The third kappa shape index (κ3) is 6.31. The van der Waals surface area contributed by atoms with Crippen molar-refractivity contribution in [3.63, 3.8) is 0 Å². The van der Waals surface area contributed by atoms with Gasteiger partial charge in [-0.25, -0.2) is 0 Å². The maximum Gasteiger partial charge on any atom is 0.184 e. The Morgan fingerprint density at radius 1 is 1.04 bits per heavy atom. The lowest BCUT2D eigenvalue weighted by atomic mass is 9.93. The molecule has 2 rings (SSSR count). The number of aryl methyl sites for hydroxylation is 1. The van der Waals surface area contributed by atoms with Gasteiger partial charge in [0.15, 0.2) is 5.78 Å². The van der Waals surface area contributed by atoms with E-state index in [-0.39, 0.29) is 5.78 Å². The summed E-state index contributed by atoms with van der Waals surface area (Å²) >= 11 is 0. The minimum Gasteiger partial charge on any atom is -0.289 e. The van der Waals surface area contributed by atoms with Crippen molar-refractivity contribution in [2.24, 2.45) is 0 Å². The summed E-state index contributed by atoms with van der Waals surface area (Å²) in [7, 11) is 0. The average molecular weight is 322 g/mol. The van der Waals surface area contributed by atoms with E-state index < -0.39 is 0 Å². The predicted molar refractivity (Wildman–Crippen MR) is 103 cm³/mol. The SMILES string of the molecule is C/C(=C\CCc1ccccc1)CC/C=C(\C)C(=O)C1=CCCCC1. The van der Waals surface area contributed by atoms with Crippen LogP contribution in [0, 0.1) is 0 Å². The highest BCUT2D eigenvalue weighted by Crippen LogP contribution is 2.21. The number of hydrogen-bond acceptors (Lipinski definition) is 1. The number of carbonyl (C=O) groups is 1. The zero-order valence-electron chi connectivity index (χ0n) is 15.2. The molecular formula is C23H30O. The monoisotopic (exact) mass is 322 g/mol. The standard InChI is InChI=1S/C23H30O/c1-19(12-10-16-21-14-5-3-6-15-21)11-9-13-20(2)23(24)22-17-7-4-8-18-22/h3,5-6,12-15,17H,4,7-11,16,18H2,1-2H3/b19-12+,20-13+. The van der Waals surface area contributed by atoms with Crippen LogP contribution in [0.3, 0.4) is 0 Å². The van der Waals surface area contributed by atoms with Crippen LogP contribution < -0.4 is 0 Å². The van der Waals surface area contributed by atoms with Crippen LogP contribution in [0.1, 0.15) is 64.4 Å². The van der Waals surface area contributed by atoms with Crippen LogP contribution in [0.5, 0.6) is 0 Å². The lowest BCUT2D eigenvalue weighted by molar-refractivity contribution is -0.112. The maximum absolute atomic E-state index is 12.4. The summed E-state index contributed by atoms with van der Waals surface area (Å²) in [6, 6.07) is 10.6. The van der Waals surface area contributed by atoms with Gasteiger partial charge in [0.2, 0.25) is 0 Å². The summed E-state index contributed by atoms with van der Waals surface area (Å²) in [5, 5.41) is 0. The first kappa shape index (κ1) is 18.4. The average Bonchev–Trinajstić information content (AvgIpc) is 2.62. The molecule has 1 aromatic rings. The number of Topliss-reactive ketones (excluding diaryl/α,β-unsaturated/α-hetero) is 1. The number of carbonyl (C=O) groups excluding carboxylic acids is 1. The summed E-state index contributed by atoms with van der Waals surface area (Å²) in [5.74, 6) is 0.264. The second kappa shape index (κ2) is 10.1. The Morgan fingerprint density at radius 2 is 1.83 bits per heavy atom. The molecule has 0 unspecified atom stereocenters. The smallest absolute Gasteiger partial charge is 0.184 e. The zero-order valence-corrected chi connectivity index (χ0v) is 15.2. The van der Waals surface area contributed by atoms with Gasteiger partial charge in [0.25, 0.3) is 0 Å². The molecule has 0 spiro atoms. The summed E-state index contributed by atoms with van der Waals surface area (Å²) < 4.78 is 0. The number of ketones is 1. The van der Waals surface area contributed by atoms with E-state index in [9.17, 15) is 4.79 Å². The molecule has 1 aliphatic rings. The van der Waals surface area contributed by atoms with E-state index in [1.165, 1.54) is 17.6 Å². The first-order chi connectivity index (χ1) is 11.7. The van der Waals surface area contributed by atoms with Crippen LogP contribution in [-0.2, 0) is 11.2 Å². The second-order valence-electron chi connectivity index (χ2n) is 6.80. The number of rotatable bonds is 8. The molecule has 0 amide bonds. The number of allylic oxidation sites excluding steroid dienone is 6. The highest BCUT2D eigenvalue weighted by atomic mass is 16.1. The van der Waals surface area contributed by atoms with Gasteiger partial charge in [0.1, 0.15) is 0 Å². The topological polar surface area (TPSA) is 17.1 Å². The van der Waals surface area contributed by atoms with E-state index >= 15 is 0 Å². The lowest BCUT2D eigenvalue weighted by Crippen LogP contribution is -2.07. The van der Waals surface area contributed by atoms with Gasteiger partial charge in [0, 0.05) is 0 Å². The Balaban J connectivity index is 1.74. The fourth-order valence-electron chi connectivity index (χ4n) is 3.14. The molecule has 24 heavy (non-hydrogen) atoms. The maximum atomic E-state index is 12.4. The van der Waals surface area contributed by atoms with Crippen molar-refractivity contribution in [2.45, 2.75) is 65.2 Å². The minimum atomic E-state index is 0.264. The van der Waals surface area contributed by atoms with Crippen molar-refractivity contribution in [3.8, 4) is 0 Å². The van der Waals surface area contributed by atoms with Crippen LogP contribution in [-0.4, -0.2) is 5.78 Å². The van der Waals surface area contributed by atoms with E-state index in [0.29, 0.717) is 0 Å². The van der Waals surface area contributed by atoms with E-state index in [2.05, 4.69) is 55.5 Å². The highest BCUT2D eigenvalue weighted by Gasteiger charge is 2.13. The summed E-state index contributed by atoms with van der Waals surface area (Å²) in [6.45, 7) is 4.16. The largest absolute Gasteiger partial charge is 0.289 e. The van der Waals surface area contributed by atoms with Crippen molar-refractivity contribution in [1.29, 1.82) is 0 Å². The molecule has 1 nitrogen and oxygen atoms in total. The van der Waals surface area contributed by atoms with Crippen LogP contribution in [0.4, 0.5) is 0 Å². The molecule has 0 atom stereocenters. The van der Waals surface area contributed by atoms with Crippen molar-refractivity contribution in [2.75, 3.05) is 0 Å². The fourth-order valence-corrected chi connectivity index (χ4v) is 3.14. The third-order valence-electron chi connectivity index (χ3n) is 4.70. The van der Waals surface area contributed by atoms with Gasteiger partial charge in [-0.15, -0.1) is 0 Å². The Labute approximate surface area is 147 Å². The molecular weight excluding hydrogens is 292 g/mol. The molecule has 0 saturated heterocycles. The molecule has 0 fully saturated rings. The quantitative estimate of drug-likeness (QED) is 0.402. The van der Waals surface area contributed by atoms with Gasteiger partial charge in [-0.3, -0.25) is 4.79 Å². The number of benzene rings is 1. The van der Waals surface area contributed by atoms with E-state index in [1.54, 1.807) is 0 Å². The highest BCUT2D eigenvalue weighted by molar-refractivity contribution is 6.07. The van der Waals surface area contributed by atoms with E-state index in [4.69, 9.17) is 0 Å². The van der Waals surface area contributed by atoms with Crippen molar-refractivity contribution < 1.29 is 4.79 Å². The first-order valence-corrected chi connectivity index (χ1v) is 9.27. The van der Waals surface area contributed by atoms with Crippen LogP contribution in [0.25, 0.3) is 0 Å². The molecule has 0 heterocycles. The van der Waals surface area contributed by atoms with Gasteiger partial charge >= 0.3 is 0 Å². The Hall–Kier alpha value is -1.89. The van der Waals surface area contributed by atoms with Gasteiger partial charge in [-0.2, -0.15) is 0 Å². The second-order valence-corrected chi connectivity index (χ2v) is 6.80. The molecule has 1 aliphatic carbocycles. The zero-order chi connectivity index (χ0) is 17.2. The molecule has 0 saturated carbocycles. The molecule has 0 bridgehead atoms. The van der Waals surface area contributed by atoms with Crippen molar-refractivity contribution in [1.82, 2.24) is 0 Å². The van der Waals surface area contributed by atoms with Crippen LogP contribution >= 0.6 is 0 Å². The Bertz CT molecular complexity index is 617. The molecule has 1 heteroatoms. The van der Waals surface area contributed by atoms with Gasteiger partial charge in [-0.05, 0) is 81.9 Å². The third-order valence-corrected chi connectivity index (χ3v) is 4.70. The van der Waals surface area contributed by atoms with E-state index in [0.717, 1.165) is 56.1 Å². The molecule has 0 radical (unpaired) electrons. The van der Waals surface area contributed by atoms with Crippen LogP contribution in [0.2, 0.25) is 0 Å². The Morgan fingerprint density at radius 3 is 2.54 bits per heavy atom. The lowest BCUT2D eigenvalue weighted by Gasteiger charge is -2.11. The van der Waals surface area contributed by atoms with E-state index in [1.807, 2.05) is 6.92 Å². The summed E-state index contributed by atoms with van der Waals surface area (Å²) in [4.78, 5) is 12.4. The van der Waals surface area contributed by atoms with Crippen molar-refractivity contribution in [3.05, 3.63) is 70.8 Å².